The van der Waals surface area contributed by atoms with E-state index in [4.69, 9.17) is 5.26 Å². The number of nitriles is 1. The Bertz CT molecular complexity index is 717. The third-order valence-corrected chi connectivity index (χ3v) is 3.22. The number of amides is 1. The van der Waals surface area contributed by atoms with E-state index in [-0.39, 0.29) is 17.2 Å². The van der Waals surface area contributed by atoms with E-state index in [1.54, 1.807) is 18.2 Å². The summed E-state index contributed by atoms with van der Waals surface area (Å²) < 4.78 is 13.5. The minimum atomic E-state index is -0.647. The molecule has 0 spiro atoms. The first-order valence-electron chi connectivity index (χ1n) is 6.10. The average molecular weight is 268 g/mol. The van der Waals surface area contributed by atoms with E-state index in [1.807, 2.05) is 19.9 Å². The Morgan fingerprint density at radius 3 is 2.60 bits per heavy atom. The zero-order valence-corrected chi connectivity index (χ0v) is 11.2. The number of anilines is 1. The smallest absolute Gasteiger partial charge is 0.255 e. The Balaban J connectivity index is 2.36. The van der Waals surface area contributed by atoms with E-state index in [1.165, 1.54) is 18.2 Å². The lowest BCUT2D eigenvalue weighted by molar-refractivity contribution is 0.102. The monoisotopic (exact) mass is 268 g/mol. The van der Waals surface area contributed by atoms with Gasteiger partial charge < -0.3 is 5.32 Å². The van der Waals surface area contributed by atoms with E-state index >= 15 is 0 Å². The summed E-state index contributed by atoms with van der Waals surface area (Å²) in [6, 6.07) is 11.3. The molecular formula is C16H13FN2O. The van der Waals surface area contributed by atoms with Crippen LogP contribution in [0.1, 0.15) is 27.0 Å². The maximum Gasteiger partial charge on any atom is 0.255 e. The summed E-state index contributed by atoms with van der Waals surface area (Å²) >= 11 is 0. The third kappa shape index (κ3) is 2.52. The van der Waals surface area contributed by atoms with E-state index in [0.29, 0.717) is 5.56 Å². The summed E-state index contributed by atoms with van der Waals surface area (Å²) in [6.45, 7) is 3.76. The number of carbonyl (C=O) groups is 1. The van der Waals surface area contributed by atoms with E-state index in [9.17, 15) is 9.18 Å². The van der Waals surface area contributed by atoms with E-state index in [0.717, 1.165) is 11.1 Å². The molecule has 2 aromatic carbocycles. The van der Waals surface area contributed by atoms with Gasteiger partial charge in [-0.05, 0) is 43.2 Å². The number of nitrogens with one attached hydrogen (secondary N) is 1. The molecule has 3 nitrogen and oxygen atoms in total. The molecule has 0 saturated carbocycles. The van der Waals surface area contributed by atoms with Crippen LogP contribution >= 0.6 is 0 Å². The first-order chi connectivity index (χ1) is 9.54. The largest absolute Gasteiger partial charge is 0.321 e. The molecule has 1 N–H and O–H groups in total. The fourth-order valence-corrected chi connectivity index (χ4v) is 1.93. The highest BCUT2D eigenvalue weighted by molar-refractivity contribution is 6.06. The number of nitrogens with zero attached hydrogens (tertiary/aromatic N) is 1. The molecule has 2 rings (SSSR count). The lowest BCUT2D eigenvalue weighted by atomic mass is 10.0. The Morgan fingerprint density at radius 2 is 1.90 bits per heavy atom. The van der Waals surface area contributed by atoms with Crippen LogP contribution in [0.2, 0.25) is 0 Å². The second-order valence-corrected chi connectivity index (χ2v) is 4.48. The lowest BCUT2D eigenvalue weighted by Gasteiger charge is -2.10. The number of benzene rings is 2. The summed E-state index contributed by atoms with van der Waals surface area (Å²) in [5.41, 5.74) is 2.39. The van der Waals surface area contributed by atoms with Crippen molar-refractivity contribution in [2.24, 2.45) is 0 Å². The van der Waals surface area contributed by atoms with Gasteiger partial charge in [0.05, 0.1) is 5.69 Å². The summed E-state index contributed by atoms with van der Waals surface area (Å²) in [5, 5.41) is 11.5. The number of halogens is 1. The molecule has 0 bridgehead atoms. The van der Waals surface area contributed by atoms with Gasteiger partial charge in [-0.2, -0.15) is 5.26 Å². The van der Waals surface area contributed by atoms with Gasteiger partial charge in [0.15, 0.2) is 0 Å². The Hall–Kier alpha value is -2.67. The van der Waals surface area contributed by atoms with E-state index < -0.39 is 5.82 Å². The van der Waals surface area contributed by atoms with Crippen LogP contribution in [0.3, 0.4) is 0 Å². The van der Waals surface area contributed by atoms with Gasteiger partial charge in [0.1, 0.15) is 17.4 Å². The topological polar surface area (TPSA) is 52.9 Å². The Labute approximate surface area is 116 Å². The molecule has 2 aromatic rings. The predicted octanol–water partition coefficient (Wildman–Crippen LogP) is 3.57. The van der Waals surface area contributed by atoms with Crippen molar-refractivity contribution in [1.82, 2.24) is 0 Å². The van der Waals surface area contributed by atoms with E-state index in [2.05, 4.69) is 5.32 Å². The molecule has 0 heterocycles. The van der Waals surface area contributed by atoms with Gasteiger partial charge >= 0.3 is 0 Å². The van der Waals surface area contributed by atoms with Gasteiger partial charge in [0.2, 0.25) is 0 Å². The van der Waals surface area contributed by atoms with Gasteiger partial charge in [-0.15, -0.1) is 0 Å². The van der Waals surface area contributed by atoms with Crippen LogP contribution in [0.4, 0.5) is 10.1 Å². The molecule has 0 saturated heterocycles. The second-order valence-electron chi connectivity index (χ2n) is 4.48. The molecule has 0 aromatic heterocycles. The summed E-state index contributed by atoms with van der Waals surface area (Å²) in [7, 11) is 0. The van der Waals surface area contributed by atoms with Crippen LogP contribution in [0.15, 0.2) is 36.4 Å². The van der Waals surface area contributed by atoms with Crippen molar-refractivity contribution in [1.29, 1.82) is 5.26 Å². The van der Waals surface area contributed by atoms with Gasteiger partial charge in [-0.3, -0.25) is 4.79 Å². The van der Waals surface area contributed by atoms with Crippen LogP contribution < -0.4 is 5.32 Å². The Kier molecular flexibility index (Phi) is 3.81. The van der Waals surface area contributed by atoms with Crippen molar-refractivity contribution in [2.45, 2.75) is 13.8 Å². The third-order valence-electron chi connectivity index (χ3n) is 3.22. The maximum atomic E-state index is 13.5. The minimum Gasteiger partial charge on any atom is -0.321 e. The molecular weight excluding hydrogens is 255 g/mol. The molecule has 20 heavy (non-hydrogen) atoms. The van der Waals surface area contributed by atoms with Gasteiger partial charge in [-0.1, -0.05) is 18.2 Å². The fraction of sp³-hybridized carbons (Fsp3) is 0.125. The molecule has 100 valence electrons. The lowest BCUT2D eigenvalue weighted by Crippen LogP contribution is -2.15. The molecule has 4 heteroatoms. The van der Waals surface area contributed by atoms with Crippen molar-refractivity contribution in [2.75, 3.05) is 5.32 Å². The van der Waals surface area contributed by atoms with Gasteiger partial charge in [0, 0.05) is 5.56 Å². The molecule has 0 aliphatic carbocycles. The highest BCUT2D eigenvalue weighted by Crippen LogP contribution is 2.20. The molecule has 1 amide bonds. The maximum absolute atomic E-state index is 13.5. The quantitative estimate of drug-likeness (QED) is 0.905. The normalized spacial score (nSPS) is 9.90. The van der Waals surface area contributed by atoms with Crippen molar-refractivity contribution < 1.29 is 9.18 Å². The zero-order valence-electron chi connectivity index (χ0n) is 11.2. The number of carbonyl (C=O) groups excluding carboxylic acids is 1. The van der Waals surface area contributed by atoms with Crippen LogP contribution in [-0.4, -0.2) is 5.91 Å². The highest BCUT2D eigenvalue weighted by Gasteiger charge is 2.14. The van der Waals surface area contributed by atoms with Crippen LogP contribution in [0.25, 0.3) is 0 Å². The summed E-state index contributed by atoms with van der Waals surface area (Å²) in [5.74, 6) is -1.00. The highest BCUT2D eigenvalue weighted by atomic mass is 19.1. The number of aryl methyl sites for hydroxylation is 1. The van der Waals surface area contributed by atoms with Crippen LogP contribution in [-0.2, 0) is 0 Å². The zero-order chi connectivity index (χ0) is 14.7. The second kappa shape index (κ2) is 5.54. The summed E-state index contributed by atoms with van der Waals surface area (Å²) in [4.78, 5) is 12.2. The van der Waals surface area contributed by atoms with Crippen LogP contribution in [0, 0.1) is 31.0 Å². The van der Waals surface area contributed by atoms with Gasteiger partial charge in [0.25, 0.3) is 5.91 Å². The summed E-state index contributed by atoms with van der Waals surface area (Å²) in [6.07, 6.45) is 0. The number of hydrogen-bond acceptors (Lipinski definition) is 2. The molecule has 0 aliphatic rings. The Morgan fingerprint density at radius 1 is 1.20 bits per heavy atom. The first kappa shape index (κ1) is 13.8. The predicted molar refractivity (Wildman–Crippen MR) is 75.0 cm³/mol. The average Bonchev–Trinajstić information content (AvgIpc) is 2.42. The van der Waals surface area contributed by atoms with Crippen molar-refractivity contribution in [3.05, 3.63) is 64.5 Å². The van der Waals surface area contributed by atoms with Crippen molar-refractivity contribution >= 4 is 11.6 Å². The molecule has 0 radical (unpaired) electrons. The first-order valence-corrected chi connectivity index (χ1v) is 6.10. The van der Waals surface area contributed by atoms with Crippen LogP contribution in [0.5, 0.6) is 0 Å². The molecule has 0 aliphatic heterocycles. The van der Waals surface area contributed by atoms with Crippen molar-refractivity contribution in [3.63, 3.8) is 0 Å². The number of hydrogen-bond donors (Lipinski definition) is 1. The number of rotatable bonds is 2. The standard InChI is InChI=1S/C16H13FN2O/c1-10-5-3-6-12(11(10)2)16(20)19-15-8-4-7-14(17)13(15)9-18/h3-8H,1-2H3,(H,19,20). The minimum absolute atomic E-state index is 0.161. The van der Waals surface area contributed by atoms with Gasteiger partial charge in [-0.25, -0.2) is 4.39 Å². The molecule has 0 unspecified atom stereocenters. The molecule has 0 fully saturated rings. The van der Waals surface area contributed by atoms with Crippen molar-refractivity contribution in [3.8, 4) is 6.07 Å². The fourth-order valence-electron chi connectivity index (χ4n) is 1.93. The SMILES string of the molecule is Cc1cccc(C(=O)Nc2cccc(F)c2C#N)c1C. The molecule has 0 atom stereocenters.